The molecule has 1 N–H and O–H groups in total. The van der Waals surface area contributed by atoms with Crippen molar-refractivity contribution < 1.29 is 19.4 Å². The summed E-state index contributed by atoms with van der Waals surface area (Å²) in [5.41, 5.74) is 0.202. The molecule has 2 amide bonds. The van der Waals surface area contributed by atoms with Crippen LogP contribution in [0.15, 0.2) is 18.2 Å². The van der Waals surface area contributed by atoms with Crippen LogP contribution in [-0.4, -0.2) is 59.0 Å². The quantitative estimate of drug-likeness (QED) is 0.861. The van der Waals surface area contributed by atoms with Gasteiger partial charge < -0.3 is 19.6 Å². The van der Waals surface area contributed by atoms with Crippen LogP contribution >= 0.6 is 0 Å². The summed E-state index contributed by atoms with van der Waals surface area (Å²) in [6, 6.07) is 4.92. The van der Waals surface area contributed by atoms with E-state index in [-0.39, 0.29) is 29.2 Å². The summed E-state index contributed by atoms with van der Waals surface area (Å²) in [7, 11) is 0. The van der Waals surface area contributed by atoms with Gasteiger partial charge in [0.25, 0.3) is 0 Å². The number of aromatic hydroxyl groups is 1. The van der Waals surface area contributed by atoms with Crippen molar-refractivity contribution in [3.63, 3.8) is 0 Å². The Morgan fingerprint density at radius 1 is 1.21 bits per heavy atom. The molecular formula is C18H24N2O4. The monoisotopic (exact) mass is 332 g/mol. The Morgan fingerprint density at radius 3 is 2.67 bits per heavy atom. The second kappa shape index (κ2) is 7.11. The molecule has 0 spiro atoms. The van der Waals surface area contributed by atoms with Crippen LogP contribution in [-0.2, 0) is 0 Å². The van der Waals surface area contributed by atoms with E-state index in [9.17, 15) is 14.7 Å². The molecule has 130 valence electrons. The third kappa shape index (κ3) is 3.32. The number of rotatable bonds is 4. The molecule has 6 heteroatoms. The third-order valence-electron chi connectivity index (χ3n) is 4.79. The average Bonchev–Trinajstić information content (AvgIpc) is 3.23. The van der Waals surface area contributed by atoms with Crippen LogP contribution in [0.4, 0.5) is 4.79 Å². The van der Waals surface area contributed by atoms with Crippen molar-refractivity contribution in [1.82, 2.24) is 9.80 Å². The Balaban J connectivity index is 1.67. The molecule has 1 unspecified atom stereocenters. The minimum atomic E-state index is -0.237. The summed E-state index contributed by atoms with van der Waals surface area (Å²) in [5, 5.41) is 9.87. The molecular weight excluding hydrogens is 308 g/mol. The Kier molecular flexibility index (Phi) is 4.92. The van der Waals surface area contributed by atoms with Gasteiger partial charge in [-0.2, -0.15) is 0 Å². The number of amides is 2. The summed E-state index contributed by atoms with van der Waals surface area (Å²) in [5.74, 6) is 0.0684. The molecule has 2 fully saturated rings. The number of hydrogen-bond donors (Lipinski definition) is 1. The van der Waals surface area contributed by atoms with Crippen LogP contribution in [0.25, 0.3) is 0 Å². The van der Waals surface area contributed by atoms with Gasteiger partial charge in [0.2, 0.25) is 0 Å². The molecule has 1 aromatic carbocycles. The fourth-order valence-electron chi connectivity index (χ4n) is 3.53. The number of Topliss-reactive ketones (excluding diaryl/α,β-unsaturated/α-hetero) is 1. The largest absolute Gasteiger partial charge is 0.507 e. The minimum Gasteiger partial charge on any atom is -0.507 e. The van der Waals surface area contributed by atoms with Crippen LogP contribution in [0, 0.1) is 0 Å². The summed E-state index contributed by atoms with van der Waals surface area (Å²) in [6.45, 7) is 4.17. The van der Waals surface area contributed by atoms with E-state index in [1.54, 1.807) is 12.1 Å². The number of ketones is 1. The first-order chi connectivity index (χ1) is 11.6. The zero-order valence-corrected chi connectivity index (χ0v) is 14.0. The summed E-state index contributed by atoms with van der Waals surface area (Å²) >= 11 is 0. The van der Waals surface area contributed by atoms with Gasteiger partial charge in [-0.25, -0.2) is 4.79 Å². The molecule has 0 radical (unpaired) electrons. The molecule has 0 aliphatic carbocycles. The van der Waals surface area contributed by atoms with Crippen molar-refractivity contribution in [2.75, 3.05) is 26.2 Å². The number of nitrogens with zero attached hydrogens (tertiary/aromatic N) is 2. The molecule has 3 rings (SSSR count). The predicted octanol–water partition coefficient (Wildman–Crippen LogP) is 2.65. The third-order valence-corrected chi connectivity index (χ3v) is 4.79. The molecule has 1 aromatic rings. The Hall–Kier alpha value is -2.24. The van der Waals surface area contributed by atoms with Crippen LogP contribution in [0.5, 0.6) is 11.5 Å². The molecule has 0 bridgehead atoms. The van der Waals surface area contributed by atoms with Crippen molar-refractivity contribution >= 4 is 11.8 Å². The average molecular weight is 332 g/mol. The maximum Gasteiger partial charge on any atom is 0.320 e. The van der Waals surface area contributed by atoms with Gasteiger partial charge in [-0.05, 0) is 44.7 Å². The number of phenolic OH excluding ortho intramolecular Hbond substituents is 1. The number of carbonyl (C=O) groups is 2. The Labute approximate surface area is 142 Å². The first kappa shape index (κ1) is 16.6. The lowest BCUT2D eigenvalue weighted by Crippen LogP contribution is -2.46. The van der Waals surface area contributed by atoms with Crippen molar-refractivity contribution in [1.29, 1.82) is 0 Å². The van der Waals surface area contributed by atoms with Gasteiger partial charge in [0.05, 0.1) is 6.04 Å². The Bertz CT molecular complexity index is 625. The van der Waals surface area contributed by atoms with E-state index in [0.717, 1.165) is 45.3 Å². The highest BCUT2D eigenvalue weighted by atomic mass is 16.5. The number of likely N-dealkylation sites (tertiary alicyclic amines) is 2. The second-order valence-corrected chi connectivity index (χ2v) is 6.48. The standard InChI is InChI=1S/C18H24N2O4/c1-13(21)17-15(22)7-4-8-16(17)24-12-14-6-5-11-20(14)18(23)19-9-2-3-10-19/h4,7-8,14,22H,2-3,5-6,9-12H2,1H3. The lowest BCUT2D eigenvalue weighted by Gasteiger charge is -2.29. The molecule has 24 heavy (non-hydrogen) atoms. The van der Waals surface area contributed by atoms with Crippen molar-refractivity contribution in [3.05, 3.63) is 23.8 Å². The normalized spacial score (nSPS) is 20.5. The van der Waals surface area contributed by atoms with Crippen LogP contribution in [0.2, 0.25) is 0 Å². The van der Waals surface area contributed by atoms with Gasteiger partial charge >= 0.3 is 6.03 Å². The van der Waals surface area contributed by atoms with E-state index >= 15 is 0 Å². The number of ether oxygens (including phenoxy) is 1. The van der Waals surface area contributed by atoms with Gasteiger partial charge in [-0.1, -0.05) is 6.07 Å². The van der Waals surface area contributed by atoms with Crippen LogP contribution < -0.4 is 4.74 Å². The van der Waals surface area contributed by atoms with E-state index in [2.05, 4.69) is 0 Å². The van der Waals surface area contributed by atoms with Crippen molar-refractivity contribution in [2.45, 2.75) is 38.6 Å². The molecule has 6 nitrogen and oxygen atoms in total. The second-order valence-electron chi connectivity index (χ2n) is 6.48. The number of hydrogen-bond acceptors (Lipinski definition) is 4. The van der Waals surface area contributed by atoms with Crippen LogP contribution in [0.1, 0.15) is 43.0 Å². The first-order valence-electron chi connectivity index (χ1n) is 8.59. The summed E-state index contributed by atoms with van der Waals surface area (Å²) in [4.78, 5) is 28.1. The Morgan fingerprint density at radius 2 is 1.96 bits per heavy atom. The molecule has 2 aliphatic heterocycles. The topological polar surface area (TPSA) is 70.1 Å². The lowest BCUT2D eigenvalue weighted by molar-refractivity contribution is 0.100. The molecule has 0 saturated carbocycles. The lowest BCUT2D eigenvalue weighted by atomic mass is 10.1. The highest BCUT2D eigenvalue weighted by molar-refractivity contribution is 5.99. The fourth-order valence-corrected chi connectivity index (χ4v) is 3.53. The van der Waals surface area contributed by atoms with E-state index in [1.807, 2.05) is 9.80 Å². The van der Waals surface area contributed by atoms with E-state index in [0.29, 0.717) is 12.4 Å². The van der Waals surface area contributed by atoms with E-state index < -0.39 is 0 Å². The van der Waals surface area contributed by atoms with E-state index in [4.69, 9.17) is 4.74 Å². The predicted molar refractivity (Wildman–Crippen MR) is 89.5 cm³/mol. The zero-order valence-electron chi connectivity index (χ0n) is 14.0. The minimum absolute atomic E-state index is 0.0141. The highest BCUT2D eigenvalue weighted by Crippen LogP contribution is 2.29. The maximum absolute atomic E-state index is 12.6. The van der Waals surface area contributed by atoms with E-state index in [1.165, 1.54) is 13.0 Å². The summed E-state index contributed by atoms with van der Waals surface area (Å²) in [6.07, 6.45) is 4.01. The number of carbonyl (C=O) groups excluding carboxylic acids is 2. The van der Waals surface area contributed by atoms with Gasteiger partial charge in [-0.3, -0.25) is 4.79 Å². The molecule has 2 heterocycles. The van der Waals surface area contributed by atoms with Gasteiger partial charge in [0.1, 0.15) is 23.7 Å². The SMILES string of the molecule is CC(=O)c1c(O)cccc1OCC1CCCN1C(=O)N1CCCC1. The molecule has 1 atom stereocenters. The zero-order chi connectivity index (χ0) is 17.1. The van der Waals surface area contributed by atoms with Gasteiger partial charge in [0, 0.05) is 19.6 Å². The fraction of sp³-hybridized carbons (Fsp3) is 0.556. The number of benzene rings is 1. The van der Waals surface area contributed by atoms with Crippen LogP contribution in [0.3, 0.4) is 0 Å². The maximum atomic E-state index is 12.6. The highest BCUT2D eigenvalue weighted by Gasteiger charge is 2.33. The number of phenols is 1. The molecule has 2 saturated heterocycles. The molecule has 0 aromatic heterocycles. The first-order valence-corrected chi connectivity index (χ1v) is 8.59. The molecule has 2 aliphatic rings. The summed E-state index contributed by atoms with van der Waals surface area (Å²) < 4.78 is 5.81. The van der Waals surface area contributed by atoms with Crippen molar-refractivity contribution in [3.8, 4) is 11.5 Å². The van der Waals surface area contributed by atoms with Gasteiger partial charge in [-0.15, -0.1) is 0 Å². The number of urea groups is 1. The van der Waals surface area contributed by atoms with Gasteiger partial charge in [0.15, 0.2) is 5.78 Å². The smallest absolute Gasteiger partial charge is 0.320 e. The van der Waals surface area contributed by atoms with Crippen molar-refractivity contribution in [2.24, 2.45) is 0 Å².